The third-order valence-corrected chi connectivity index (χ3v) is 7.71. The highest BCUT2D eigenvalue weighted by atomic mass is 32.2. The van der Waals surface area contributed by atoms with E-state index < -0.39 is 40.3 Å². The molecule has 3 atom stereocenters. The van der Waals surface area contributed by atoms with Crippen LogP contribution in [-0.4, -0.2) is 75.1 Å². The highest BCUT2D eigenvalue weighted by Crippen LogP contribution is 2.41. The molecule has 190 valence electrons. The van der Waals surface area contributed by atoms with Crippen LogP contribution in [-0.2, 0) is 9.84 Å². The molecule has 1 fully saturated rings. The van der Waals surface area contributed by atoms with Crippen molar-refractivity contribution in [1.29, 1.82) is 0 Å². The third-order valence-electron chi connectivity index (χ3n) is 5.62. The van der Waals surface area contributed by atoms with Gasteiger partial charge in [0.2, 0.25) is 5.95 Å². The Kier molecular flexibility index (Phi) is 6.63. The van der Waals surface area contributed by atoms with Crippen LogP contribution in [0.2, 0.25) is 0 Å². The first-order valence-electron chi connectivity index (χ1n) is 10.5. The Hall–Kier alpha value is -2.62. The number of alkyl halides is 3. The topological polar surface area (TPSA) is 150 Å². The molecule has 15 heteroatoms. The van der Waals surface area contributed by atoms with Gasteiger partial charge in [-0.3, -0.25) is 4.98 Å². The summed E-state index contributed by atoms with van der Waals surface area (Å²) in [5.41, 5.74) is -0.770. The van der Waals surface area contributed by atoms with Gasteiger partial charge in [0.1, 0.15) is 38.8 Å². The summed E-state index contributed by atoms with van der Waals surface area (Å²) in [6.07, 6.45) is -1.58. The van der Waals surface area contributed by atoms with Crippen molar-refractivity contribution in [2.75, 3.05) is 29.2 Å². The number of aliphatic hydroxyl groups excluding tert-OH is 1. The van der Waals surface area contributed by atoms with Gasteiger partial charge in [0, 0.05) is 18.4 Å². The van der Waals surface area contributed by atoms with Gasteiger partial charge in [-0.2, -0.15) is 18.2 Å². The summed E-state index contributed by atoms with van der Waals surface area (Å²) in [6, 6.07) is 1.75. The minimum atomic E-state index is -4.51. The van der Waals surface area contributed by atoms with Gasteiger partial charge in [-0.05, 0) is 25.8 Å². The molecular weight excluding hydrogens is 509 g/mol. The number of aliphatic hydroxyl groups is 2. The zero-order valence-corrected chi connectivity index (χ0v) is 20.3. The number of thiazole rings is 1. The minimum Gasteiger partial charge on any atom is -0.388 e. The number of sulfone groups is 1. The van der Waals surface area contributed by atoms with Gasteiger partial charge in [-0.1, -0.05) is 0 Å². The largest absolute Gasteiger partial charge is 0.405 e. The SMILES string of the molecule is Cc1nc(NCC(F)(F)F)nc(NC2(O)CCC(CS(C)(=O)=O)C2O)c1-c1nc2cnccc2s1. The zero-order chi connectivity index (χ0) is 25.6. The number of nitrogens with one attached hydrogen (secondary N) is 2. The molecule has 35 heavy (non-hydrogen) atoms. The van der Waals surface area contributed by atoms with Gasteiger partial charge >= 0.3 is 6.18 Å². The molecule has 0 saturated heterocycles. The molecule has 3 heterocycles. The molecule has 0 aromatic carbocycles. The first-order chi connectivity index (χ1) is 16.2. The van der Waals surface area contributed by atoms with Gasteiger partial charge in [-0.25, -0.2) is 18.4 Å². The second kappa shape index (κ2) is 9.11. The number of hydrogen-bond acceptors (Lipinski definition) is 11. The summed E-state index contributed by atoms with van der Waals surface area (Å²) >= 11 is 1.27. The van der Waals surface area contributed by atoms with Crippen molar-refractivity contribution in [2.24, 2.45) is 5.92 Å². The zero-order valence-electron chi connectivity index (χ0n) is 18.7. The molecule has 1 aliphatic rings. The van der Waals surface area contributed by atoms with Crippen molar-refractivity contribution in [3.63, 3.8) is 0 Å². The number of aryl methyl sites for hydroxylation is 1. The lowest BCUT2D eigenvalue weighted by atomic mass is 10.0. The van der Waals surface area contributed by atoms with E-state index in [-0.39, 0.29) is 36.1 Å². The summed E-state index contributed by atoms with van der Waals surface area (Å²) in [5.74, 6) is -1.43. The molecule has 4 N–H and O–H groups in total. The number of nitrogens with zero attached hydrogens (tertiary/aromatic N) is 4. The van der Waals surface area contributed by atoms with Crippen molar-refractivity contribution >= 4 is 43.2 Å². The Morgan fingerprint density at radius 1 is 1.29 bits per heavy atom. The summed E-state index contributed by atoms with van der Waals surface area (Å²) in [6.45, 7) is 0.189. The number of rotatable bonds is 7. The molecule has 10 nitrogen and oxygen atoms in total. The Balaban J connectivity index is 1.75. The van der Waals surface area contributed by atoms with E-state index in [0.29, 0.717) is 16.1 Å². The van der Waals surface area contributed by atoms with Crippen LogP contribution in [0.25, 0.3) is 20.8 Å². The van der Waals surface area contributed by atoms with Gasteiger partial charge < -0.3 is 20.8 Å². The van der Waals surface area contributed by atoms with Gasteiger partial charge in [-0.15, -0.1) is 11.3 Å². The Labute approximate surface area is 202 Å². The second-order valence-corrected chi connectivity index (χ2v) is 11.8. The van der Waals surface area contributed by atoms with Gasteiger partial charge in [0.15, 0.2) is 5.72 Å². The van der Waals surface area contributed by atoms with Crippen LogP contribution in [0.1, 0.15) is 18.5 Å². The van der Waals surface area contributed by atoms with Gasteiger partial charge in [0.25, 0.3) is 0 Å². The Bertz CT molecular complexity index is 1320. The summed E-state index contributed by atoms with van der Waals surface area (Å²) < 4.78 is 62.5. The molecule has 3 unspecified atom stereocenters. The lowest BCUT2D eigenvalue weighted by molar-refractivity contribution is -0.115. The van der Waals surface area contributed by atoms with Crippen molar-refractivity contribution in [3.8, 4) is 10.6 Å². The van der Waals surface area contributed by atoms with E-state index in [0.717, 1.165) is 11.0 Å². The van der Waals surface area contributed by atoms with E-state index >= 15 is 0 Å². The Morgan fingerprint density at radius 2 is 2.03 bits per heavy atom. The van der Waals surface area contributed by atoms with Crippen molar-refractivity contribution < 1.29 is 31.8 Å². The molecule has 3 aromatic heterocycles. The molecule has 0 amide bonds. The first kappa shape index (κ1) is 25.5. The van der Waals surface area contributed by atoms with Crippen LogP contribution >= 0.6 is 11.3 Å². The summed E-state index contributed by atoms with van der Waals surface area (Å²) in [7, 11) is -3.42. The molecule has 1 saturated carbocycles. The van der Waals surface area contributed by atoms with E-state index in [1.165, 1.54) is 11.3 Å². The van der Waals surface area contributed by atoms with Crippen LogP contribution in [0, 0.1) is 12.8 Å². The smallest absolute Gasteiger partial charge is 0.388 e. The van der Waals surface area contributed by atoms with Crippen LogP contribution in [0.5, 0.6) is 0 Å². The predicted molar refractivity (Wildman–Crippen MR) is 125 cm³/mol. The standard InChI is InChI=1S/C20H23F3N6O4S2/c1-10-14(17-27-12-7-24-6-4-13(12)34-17)16(28-18(26-10)25-9-20(21,22)23)29-19(31)5-3-11(15(19)30)8-35(2,32)33/h4,6-7,11,15,30-31H,3,5,8-9H2,1-2H3,(H2,25,26,28,29). The van der Waals surface area contributed by atoms with E-state index in [1.807, 2.05) is 0 Å². The molecular formula is C20H23F3N6O4S2. The third kappa shape index (κ3) is 5.79. The fourth-order valence-corrected chi connectivity index (χ4v) is 6.23. The molecule has 0 bridgehead atoms. The quantitative estimate of drug-likeness (QED) is 0.334. The van der Waals surface area contributed by atoms with Crippen LogP contribution in [0.15, 0.2) is 18.5 Å². The fourth-order valence-electron chi connectivity index (χ4n) is 4.07. The fraction of sp³-hybridized carbons (Fsp3) is 0.500. The van der Waals surface area contributed by atoms with Gasteiger partial charge in [0.05, 0.1) is 27.9 Å². The van der Waals surface area contributed by atoms with E-state index in [2.05, 4.69) is 30.6 Å². The molecule has 0 aliphatic heterocycles. The maximum absolute atomic E-state index is 12.8. The molecule has 4 rings (SSSR count). The van der Waals surface area contributed by atoms with E-state index in [9.17, 15) is 31.8 Å². The van der Waals surface area contributed by atoms with E-state index in [4.69, 9.17) is 0 Å². The second-order valence-electron chi connectivity index (χ2n) is 8.57. The number of pyridine rings is 1. The highest BCUT2D eigenvalue weighted by molar-refractivity contribution is 7.90. The maximum Gasteiger partial charge on any atom is 0.405 e. The molecule has 3 aromatic rings. The van der Waals surface area contributed by atoms with Crippen LogP contribution in [0.3, 0.4) is 0 Å². The monoisotopic (exact) mass is 532 g/mol. The number of anilines is 2. The van der Waals surface area contributed by atoms with Crippen molar-refractivity contribution in [1.82, 2.24) is 19.9 Å². The number of aromatic nitrogens is 4. The average molecular weight is 533 g/mol. The minimum absolute atomic E-state index is 0.00801. The van der Waals surface area contributed by atoms with E-state index in [1.54, 1.807) is 25.4 Å². The number of hydrogen-bond donors (Lipinski definition) is 4. The average Bonchev–Trinajstić information content (AvgIpc) is 3.27. The predicted octanol–water partition coefficient (Wildman–Crippen LogP) is 2.35. The maximum atomic E-state index is 12.8. The lowest BCUT2D eigenvalue weighted by Crippen LogP contribution is -2.48. The summed E-state index contributed by atoms with van der Waals surface area (Å²) in [4.78, 5) is 16.8. The van der Waals surface area contributed by atoms with Crippen molar-refractivity contribution in [3.05, 3.63) is 24.2 Å². The van der Waals surface area contributed by atoms with Crippen LogP contribution in [0.4, 0.5) is 24.9 Å². The molecule has 0 spiro atoms. The normalized spacial score (nSPS) is 23.1. The first-order valence-corrected chi connectivity index (χ1v) is 13.4. The lowest BCUT2D eigenvalue weighted by Gasteiger charge is -2.31. The number of fused-ring (bicyclic) bond motifs is 1. The van der Waals surface area contributed by atoms with Crippen molar-refractivity contribution in [2.45, 2.75) is 37.8 Å². The Morgan fingerprint density at radius 3 is 2.69 bits per heavy atom. The molecule has 0 radical (unpaired) electrons. The summed E-state index contributed by atoms with van der Waals surface area (Å²) in [5, 5.41) is 27.3. The van der Waals surface area contributed by atoms with Crippen LogP contribution < -0.4 is 10.6 Å². The molecule has 1 aliphatic carbocycles. The number of halogens is 3. The highest BCUT2D eigenvalue weighted by Gasteiger charge is 2.48.